The van der Waals surface area contributed by atoms with Crippen LogP contribution in [0.2, 0.25) is 0 Å². The van der Waals surface area contributed by atoms with Crippen LogP contribution in [-0.4, -0.2) is 18.2 Å². The van der Waals surface area contributed by atoms with Crippen LogP contribution in [0.1, 0.15) is 29.5 Å². The lowest BCUT2D eigenvalue weighted by Gasteiger charge is -2.07. The highest BCUT2D eigenvalue weighted by atomic mass is 19.3. The Bertz CT molecular complexity index is 637. The summed E-state index contributed by atoms with van der Waals surface area (Å²) in [5, 5.41) is 4.03. The van der Waals surface area contributed by atoms with Gasteiger partial charge in [0.2, 0.25) is 0 Å². The molecule has 0 fully saturated rings. The highest BCUT2D eigenvalue weighted by Gasteiger charge is 2.09. The van der Waals surface area contributed by atoms with Crippen LogP contribution in [-0.2, 0) is 0 Å². The molecule has 1 amide bonds. The Morgan fingerprint density at radius 1 is 1.32 bits per heavy atom. The van der Waals surface area contributed by atoms with Crippen molar-refractivity contribution in [1.82, 2.24) is 5.43 Å². The van der Waals surface area contributed by atoms with Crippen LogP contribution in [0.5, 0.6) is 5.75 Å². The first-order valence-electron chi connectivity index (χ1n) is 6.55. The largest absolute Gasteiger partial charge is 0.459 e. The molecule has 0 unspecified atom stereocenters. The molecule has 1 aromatic carbocycles. The standard InChI is InChI=1S/C15H14F2N2O3/c1-2-12(18-19-14(20)13-4-3-9-21-13)10-5-7-11(8-6-10)22-15(16)17/h3-9,15H,2H2,1H3,(H,19,20)/b18-12+. The molecule has 22 heavy (non-hydrogen) atoms. The molecule has 0 bridgehead atoms. The number of furan rings is 1. The van der Waals surface area contributed by atoms with Crippen molar-refractivity contribution < 1.29 is 22.7 Å². The maximum Gasteiger partial charge on any atom is 0.387 e. The molecular formula is C15H14F2N2O3. The molecule has 0 spiro atoms. The Balaban J connectivity index is 2.07. The molecular weight excluding hydrogens is 294 g/mol. The molecule has 1 aromatic heterocycles. The minimum absolute atomic E-state index is 0.0637. The van der Waals surface area contributed by atoms with Gasteiger partial charge in [-0.15, -0.1) is 0 Å². The third kappa shape index (κ3) is 4.15. The average molecular weight is 308 g/mol. The number of rotatable bonds is 6. The van der Waals surface area contributed by atoms with E-state index in [0.717, 1.165) is 0 Å². The molecule has 0 aliphatic rings. The van der Waals surface area contributed by atoms with Crippen LogP contribution in [0.3, 0.4) is 0 Å². The molecule has 0 saturated carbocycles. The molecule has 0 saturated heterocycles. The molecule has 0 aliphatic carbocycles. The third-order valence-corrected chi connectivity index (χ3v) is 2.78. The van der Waals surface area contributed by atoms with Crippen LogP contribution in [0.4, 0.5) is 8.78 Å². The van der Waals surface area contributed by atoms with E-state index in [2.05, 4.69) is 15.3 Å². The van der Waals surface area contributed by atoms with Crippen molar-refractivity contribution in [2.24, 2.45) is 5.10 Å². The van der Waals surface area contributed by atoms with Gasteiger partial charge in [-0.2, -0.15) is 13.9 Å². The van der Waals surface area contributed by atoms with E-state index in [9.17, 15) is 13.6 Å². The Hall–Kier alpha value is -2.70. The zero-order valence-electron chi connectivity index (χ0n) is 11.8. The van der Waals surface area contributed by atoms with Gasteiger partial charge >= 0.3 is 12.5 Å². The fourth-order valence-corrected chi connectivity index (χ4v) is 1.76. The van der Waals surface area contributed by atoms with Gasteiger partial charge in [0.25, 0.3) is 0 Å². The lowest BCUT2D eigenvalue weighted by Crippen LogP contribution is -2.19. The number of carbonyl (C=O) groups excluding carboxylic acids is 1. The van der Waals surface area contributed by atoms with Crippen molar-refractivity contribution in [2.45, 2.75) is 20.0 Å². The molecule has 116 valence electrons. The van der Waals surface area contributed by atoms with E-state index in [1.54, 1.807) is 18.2 Å². The van der Waals surface area contributed by atoms with Crippen LogP contribution in [0, 0.1) is 0 Å². The number of alkyl halides is 2. The fourth-order valence-electron chi connectivity index (χ4n) is 1.76. The van der Waals surface area contributed by atoms with Gasteiger partial charge in [-0.05, 0) is 48.4 Å². The second-order valence-corrected chi connectivity index (χ2v) is 4.23. The van der Waals surface area contributed by atoms with Crippen LogP contribution >= 0.6 is 0 Å². The first-order valence-corrected chi connectivity index (χ1v) is 6.55. The average Bonchev–Trinajstić information content (AvgIpc) is 3.03. The van der Waals surface area contributed by atoms with Gasteiger partial charge < -0.3 is 9.15 Å². The number of hydrogen-bond donors (Lipinski definition) is 1. The molecule has 1 N–H and O–H groups in total. The topological polar surface area (TPSA) is 63.8 Å². The fraction of sp³-hybridized carbons (Fsp3) is 0.200. The number of nitrogens with one attached hydrogen (secondary N) is 1. The Labute approximate surface area is 125 Å². The predicted octanol–water partition coefficient (Wildman–Crippen LogP) is 3.43. The summed E-state index contributed by atoms with van der Waals surface area (Å²) in [7, 11) is 0. The number of hydrogen-bond acceptors (Lipinski definition) is 4. The summed E-state index contributed by atoms with van der Waals surface area (Å²) in [6.07, 6.45) is 1.94. The minimum atomic E-state index is -2.86. The summed E-state index contributed by atoms with van der Waals surface area (Å²) in [6, 6.07) is 9.15. The number of benzene rings is 1. The van der Waals surface area contributed by atoms with Crippen LogP contribution in [0.25, 0.3) is 0 Å². The normalized spacial score (nSPS) is 11.5. The minimum Gasteiger partial charge on any atom is -0.459 e. The first kappa shape index (κ1) is 15.7. The first-order chi connectivity index (χ1) is 10.6. The Kier molecular flexibility index (Phi) is 5.24. The monoisotopic (exact) mass is 308 g/mol. The second kappa shape index (κ2) is 7.35. The highest BCUT2D eigenvalue weighted by Crippen LogP contribution is 2.16. The van der Waals surface area contributed by atoms with E-state index in [1.807, 2.05) is 6.92 Å². The Morgan fingerprint density at radius 2 is 2.05 bits per heavy atom. The highest BCUT2D eigenvalue weighted by molar-refractivity contribution is 6.01. The van der Waals surface area contributed by atoms with Crippen LogP contribution < -0.4 is 10.2 Å². The lowest BCUT2D eigenvalue weighted by molar-refractivity contribution is -0.0498. The molecule has 0 atom stereocenters. The smallest absolute Gasteiger partial charge is 0.387 e. The van der Waals surface area contributed by atoms with E-state index in [-0.39, 0.29) is 11.5 Å². The molecule has 5 nitrogen and oxygen atoms in total. The number of halogens is 2. The van der Waals surface area contributed by atoms with E-state index >= 15 is 0 Å². The molecule has 0 aliphatic heterocycles. The lowest BCUT2D eigenvalue weighted by atomic mass is 10.1. The van der Waals surface area contributed by atoms with Gasteiger partial charge in [0, 0.05) is 0 Å². The molecule has 2 rings (SSSR count). The van der Waals surface area contributed by atoms with Crippen molar-refractivity contribution in [3.8, 4) is 5.75 Å². The van der Waals surface area contributed by atoms with E-state index < -0.39 is 12.5 Å². The zero-order valence-corrected chi connectivity index (χ0v) is 11.8. The van der Waals surface area contributed by atoms with Crippen molar-refractivity contribution in [3.05, 3.63) is 54.0 Å². The molecule has 0 radical (unpaired) electrons. The predicted molar refractivity (Wildman–Crippen MR) is 76.1 cm³/mol. The molecule has 2 aromatic rings. The summed E-state index contributed by atoms with van der Waals surface area (Å²) in [5.41, 5.74) is 3.68. The van der Waals surface area contributed by atoms with Gasteiger partial charge in [-0.3, -0.25) is 4.79 Å². The summed E-state index contributed by atoms with van der Waals surface area (Å²) in [5.74, 6) is -0.248. The zero-order chi connectivity index (χ0) is 15.9. The summed E-state index contributed by atoms with van der Waals surface area (Å²) in [6.45, 7) is -1.00. The van der Waals surface area contributed by atoms with Gasteiger partial charge in [0.1, 0.15) is 5.75 Å². The second-order valence-electron chi connectivity index (χ2n) is 4.23. The van der Waals surface area contributed by atoms with Gasteiger partial charge in [0.05, 0.1) is 12.0 Å². The number of carbonyl (C=O) groups is 1. The summed E-state index contributed by atoms with van der Waals surface area (Å²) < 4.78 is 33.4. The SMILES string of the molecule is CC/C(=N\NC(=O)c1ccco1)c1ccc(OC(F)F)cc1. The number of amides is 1. The maximum absolute atomic E-state index is 12.1. The van der Waals surface area contributed by atoms with Gasteiger partial charge in [-0.25, -0.2) is 5.43 Å². The van der Waals surface area contributed by atoms with Crippen molar-refractivity contribution in [1.29, 1.82) is 0 Å². The van der Waals surface area contributed by atoms with E-state index in [0.29, 0.717) is 17.7 Å². The van der Waals surface area contributed by atoms with Crippen molar-refractivity contribution in [3.63, 3.8) is 0 Å². The molecule has 1 heterocycles. The summed E-state index contributed by atoms with van der Waals surface area (Å²) >= 11 is 0. The quantitative estimate of drug-likeness (QED) is 0.657. The summed E-state index contributed by atoms with van der Waals surface area (Å²) in [4.78, 5) is 11.7. The van der Waals surface area contributed by atoms with Gasteiger partial charge in [-0.1, -0.05) is 6.92 Å². The van der Waals surface area contributed by atoms with Crippen molar-refractivity contribution in [2.75, 3.05) is 0 Å². The van der Waals surface area contributed by atoms with E-state index in [4.69, 9.17) is 4.42 Å². The van der Waals surface area contributed by atoms with Gasteiger partial charge in [0.15, 0.2) is 5.76 Å². The molecule has 7 heteroatoms. The van der Waals surface area contributed by atoms with E-state index in [1.165, 1.54) is 24.5 Å². The van der Waals surface area contributed by atoms with Crippen LogP contribution in [0.15, 0.2) is 52.2 Å². The number of nitrogens with zero attached hydrogens (tertiary/aromatic N) is 1. The maximum atomic E-state index is 12.1. The third-order valence-electron chi connectivity index (χ3n) is 2.78. The Morgan fingerprint density at radius 3 is 2.59 bits per heavy atom. The van der Waals surface area contributed by atoms with Crippen molar-refractivity contribution >= 4 is 11.6 Å². The number of ether oxygens (including phenoxy) is 1. The number of hydrazone groups is 1.